The summed E-state index contributed by atoms with van der Waals surface area (Å²) in [5, 5.41) is 2.64. The Bertz CT molecular complexity index is 1160. The smallest absolute Gasteiger partial charge is 0.340 e. The summed E-state index contributed by atoms with van der Waals surface area (Å²) < 4.78 is 39.9. The van der Waals surface area contributed by atoms with E-state index in [1.54, 1.807) is 18.2 Å². The first-order chi connectivity index (χ1) is 15.7. The van der Waals surface area contributed by atoms with Gasteiger partial charge in [0, 0.05) is 36.2 Å². The van der Waals surface area contributed by atoms with Crippen LogP contribution in [0.2, 0.25) is 0 Å². The third kappa shape index (κ3) is 4.97. The molecule has 33 heavy (non-hydrogen) atoms. The number of benzene rings is 1. The molecule has 1 unspecified atom stereocenters. The molecule has 0 bridgehead atoms. The molecular formula is C23H29N3O6S. The van der Waals surface area contributed by atoms with Gasteiger partial charge in [-0.1, -0.05) is 6.07 Å². The normalized spacial score (nSPS) is 18.0. The molecule has 2 aliphatic rings. The zero-order valence-electron chi connectivity index (χ0n) is 19.0. The zero-order chi connectivity index (χ0) is 23.8. The van der Waals surface area contributed by atoms with Crippen LogP contribution in [-0.4, -0.2) is 61.6 Å². The van der Waals surface area contributed by atoms with Crippen LogP contribution in [0.4, 0.5) is 5.69 Å². The highest BCUT2D eigenvalue weighted by Crippen LogP contribution is 2.38. The first-order valence-corrected chi connectivity index (χ1v) is 12.5. The standard InChI is InChI=1S/C23H29N3O6S/c1-15-13-21(16(2)26(15)19-7-8-19)23(28)32-17(3)22(27)24-18-5-4-6-20(14-18)33(29,30)25-9-11-31-12-10-25/h4-6,13-14,17,19H,7-12H2,1-3H3,(H,24,27). The molecule has 1 atom stereocenters. The molecule has 1 amide bonds. The largest absolute Gasteiger partial charge is 0.449 e. The maximum Gasteiger partial charge on any atom is 0.340 e. The summed E-state index contributed by atoms with van der Waals surface area (Å²) in [7, 11) is -3.69. The number of nitrogens with one attached hydrogen (secondary N) is 1. The quantitative estimate of drug-likeness (QED) is 0.617. The van der Waals surface area contributed by atoms with Gasteiger partial charge in [-0.05, 0) is 57.9 Å². The number of esters is 1. The molecule has 0 spiro atoms. The minimum atomic E-state index is -3.69. The highest BCUT2D eigenvalue weighted by atomic mass is 32.2. The summed E-state index contributed by atoms with van der Waals surface area (Å²) >= 11 is 0. The van der Waals surface area contributed by atoms with Gasteiger partial charge < -0.3 is 19.4 Å². The van der Waals surface area contributed by atoms with Crippen LogP contribution in [0, 0.1) is 13.8 Å². The van der Waals surface area contributed by atoms with Crippen molar-refractivity contribution in [2.45, 2.75) is 50.7 Å². The Labute approximate surface area is 193 Å². The Kier molecular flexibility index (Phi) is 6.60. The number of nitrogens with zero attached hydrogens (tertiary/aromatic N) is 2. The number of sulfonamides is 1. The van der Waals surface area contributed by atoms with E-state index in [1.165, 1.54) is 23.4 Å². The summed E-state index contributed by atoms with van der Waals surface area (Å²) in [5.41, 5.74) is 2.60. The highest BCUT2D eigenvalue weighted by molar-refractivity contribution is 7.89. The minimum Gasteiger partial charge on any atom is -0.449 e. The Morgan fingerprint density at radius 1 is 1.15 bits per heavy atom. The molecule has 2 fully saturated rings. The third-order valence-corrected chi connectivity index (χ3v) is 7.87. The summed E-state index contributed by atoms with van der Waals surface area (Å²) in [6, 6.07) is 8.27. The number of carbonyl (C=O) groups excluding carboxylic acids is 2. The average molecular weight is 476 g/mol. The van der Waals surface area contributed by atoms with Crippen LogP contribution in [0.3, 0.4) is 0 Å². The zero-order valence-corrected chi connectivity index (χ0v) is 19.9. The summed E-state index contributed by atoms with van der Waals surface area (Å²) in [5.74, 6) is -1.10. The van der Waals surface area contributed by atoms with Crippen LogP contribution in [-0.2, 0) is 24.3 Å². The SMILES string of the molecule is Cc1cc(C(=O)OC(C)C(=O)Nc2cccc(S(=O)(=O)N3CCOCC3)c2)c(C)n1C1CC1. The Morgan fingerprint density at radius 2 is 1.85 bits per heavy atom. The first-order valence-electron chi connectivity index (χ1n) is 11.1. The number of ether oxygens (including phenoxy) is 2. The second-order valence-corrected chi connectivity index (χ2v) is 10.4. The number of rotatable bonds is 7. The second kappa shape index (κ2) is 9.28. The van der Waals surface area contributed by atoms with Crippen molar-refractivity contribution in [1.29, 1.82) is 0 Å². The predicted molar refractivity (Wildman–Crippen MR) is 122 cm³/mol. The number of aromatic nitrogens is 1. The number of anilines is 1. The van der Waals surface area contributed by atoms with Crippen LogP contribution in [0.5, 0.6) is 0 Å². The molecular weight excluding hydrogens is 446 g/mol. The van der Waals surface area contributed by atoms with E-state index in [0.29, 0.717) is 30.5 Å². The Balaban J connectivity index is 1.41. The van der Waals surface area contributed by atoms with E-state index in [1.807, 2.05) is 13.8 Å². The van der Waals surface area contributed by atoms with E-state index in [-0.39, 0.29) is 18.0 Å². The lowest BCUT2D eigenvalue weighted by molar-refractivity contribution is -0.123. The summed E-state index contributed by atoms with van der Waals surface area (Å²) in [6.45, 7) is 6.59. The number of amides is 1. The fourth-order valence-electron chi connectivity index (χ4n) is 4.07. The van der Waals surface area contributed by atoms with Crippen molar-refractivity contribution in [3.63, 3.8) is 0 Å². The first kappa shape index (κ1) is 23.5. The van der Waals surface area contributed by atoms with Crippen molar-refractivity contribution in [3.05, 3.63) is 47.3 Å². The average Bonchev–Trinajstić information content (AvgIpc) is 3.58. The lowest BCUT2D eigenvalue weighted by Gasteiger charge is -2.26. The van der Waals surface area contributed by atoms with Gasteiger partial charge in [-0.2, -0.15) is 4.31 Å². The topological polar surface area (TPSA) is 107 Å². The van der Waals surface area contributed by atoms with Crippen molar-refractivity contribution in [1.82, 2.24) is 8.87 Å². The minimum absolute atomic E-state index is 0.0827. The number of hydrogen-bond donors (Lipinski definition) is 1. The van der Waals surface area contributed by atoms with Crippen molar-refractivity contribution < 1.29 is 27.5 Å². The second-order valence-electron chi connectivity index (χ2n) is 8.47. The molecule has 1 saturated heterocycles. The van der Waals surface area contributed by atoms with Gasteiger partial charge in [0.1, 0.15) is 0 Å². The molecule has 1 N–H and O–H groups in total. The molecule has 10 heteroatoms. The molecule has 9 nitrogen and oxygen atoms in total. The Morgan fingerprint density at radius 3 is 2.52 bits per heavy atom. The number of aryl methyl sites for hydroxylation is 1. The van der Waals surface area contributed by atoms with Crippen molar-refractivity contribution in [2.24, 2.45) is 0 Å². The molecule has 0 radical (unpaired) electrons. The van der Waals surface area contributed by atoms with Crippen LogP contribution in [0.15, 0.2) is 35.2 Å². The molecule has 1 saturated carbocycles. The maximum absolute atomic E-state index is 12.9. The van der Waals surface area contributed by atoms with Crippen LogP contribution in [0.25, 0.3) is 0 Å². The molecule has 1 aromatic heterocycles. The van der Waals surface area contributed by atoms with E-state index >= 15 is 0 Å². The van der Waals surface area contributed by atoms with E-state index in [9.17, 15) is 18.0 Å². The third-order valence-electron chi connectivity index (χ3n) is 5.98. The maximum atomic E-state index is 12.9. The van der Waals surface area contributed by atoms with Gasteiger partial charge in [0.05, 0.1) is 23.7 Å². The molecule has 4 rings (SSSR count). The number of hydrogen-bond acceptors (Lipinski definition) is 6. The molecule has 1 aliphatic carbocycles. The van der Waals surface area contributed by atoms with Crippen molar-refractivity contribution in [3.8, 4) is 0 Å². The fourth-order valence-corrected chi connectivity index (χ4v) is 5.52. The van der Waals surface area contributed by atoms with E-state index < -0.39 is 28.0 Å². The van der Waals surface area contributed by atoms with Gasteiger partial charge in [0.25, 0.3) is 5.91 Å². The van der Waals surface area contributed by atoms with Gasteiger partial charge in [-0.3, -0.25) is 4.79 Å². The Hall–Kier alpha value is -2.69. The lowest BCUT2D eigenvalue weighted by Crippen LogP contribution is -2.40. The van der Waals surface area contributed by atoms with Crippen LogP contribution >= 0.6 is 0 Å². The monoisotopic (exact) mass is 475 g/mol. The molecule has 178 valence electrons. The van der Waals surface area contributed by atoms with Gasteiger partial charge in [0.2, 0.25) is 10.0 Å². The highest BCUT2D eigenvalue weighted by Gasteiger charge is 2.30. The van der Waals surface area contributed by atoms with Crippen molar-refractivity contribution in [2.75, 3.05) is 31.6 Å². The molecule has 2 aromatic rings. The molecule has 1 aliphatic heterocycles. The lowest BCUT2D eigenvalue weighted by atomic mass is 10.2. The summed E-state index contributed by atoms with van der Waals surface area (Å²) in [6.07, 6.45) is 1.15. The van der Waals surface area contributed by atoms with E-state index in [4.69, 9.17) is 9.47 Å². The number of morpholine rings is 1. The molecule has 1 aromatic carbocycles. The van der Waals surface area contributed by atoms with Gasteiger partial charge in [-0.15, -0.1) is 0 Å². The van der Waals surface area contributed by atoms with Gasteiger partial charge in [0.15, 0.2) is 6.10 Å². The number of carbonyl (C=O) groups is 2. The van der Waals surface area contributed by atoms with Gasteiger partial charge >= 0.3 is 5.97 Å². The molecule has 2 heterocycles. The van der Waals surface area contributed by atoms with Gasteiger partial charge in [-0.25, -0.2) is 13.2 Å². The van der Waals surface area contributed by atoms with Crippen LogP contribution in [0.1, 0.15) is 47.6 Å². The van der Waals surface area contributed by atoms with E-state index in [0.717, 1.165) is 24.2 Å². The van der Waals surface area contributed by atoms with Crippen molar-refractivity contribution >= 4 is 27.6 Å². The van der Waals surface area contributed by atoms with Crippen LogP contribution < -0.4 is 5.32 Å². The fraction of sp³-hybridized carbons (Fsp3) is 0.478. The summed E-state index contributed by atoms with van der Waals surface area (Å²) in [4.78, 5) is 25.4. The van der Waals surface area contributed by atoms with E-state index in [2.05, 4.69) is 9.88 Å². The predicted octanol–water partition coefficient (Wildman–Crippen LogP) is 2.64.